The smallest absolute Gasteiger partial charge is 0.243 e. The van der Waals surface area contributed by atoms with Crippen molar-refractivity contribution >= 4 is 11.8 Å². The molecule has 0 bridgehead atoms. The molecule has 0 unspecified atom stereocenters. The van der Waals surface area contributed by atoms with E-state index in [0.717, 1.165) is 12.8 Å². The van der Waals surface area contributed by atoms with Gasteiger partial charge in [0.05, 0.1) is 12.6 Å². The Balaban J connectivity index is 5.19. The van der Waals surface area contributed by atoms with Crippen LogP contribution >= 0.6 is 0 Å². The predicted molar refractivity (Wildman–Crippen MR) is 78.8 cm³/mol. The number of amides is 2. The first kappa shape index (κ1) is 18.4. The van der Waals surface area contributed by atoms with Crippen LogP contribution in [0.2, 0.25) is 0 Å². The fraction of sp³-hybridized carbons (Fsp3) is 0.800. The molecular formula is C15H27N3O2. The first-order valence-electron chi connectivity index (χ1n) is 7.29. The van der Waals surface area contributed by atoms with Crippen molar-refractivity contribution in [1.29, 1.82) is 5.26 Å². The maximum absolute atomic E-state index is 12.7. The van der Waals surface area contributed by atoms with Crippen LogP contribution in [0.1, 0.15) is 46.5 Å². The minimum absolute atomic E-state index is 0.0409. The van der Waals surface area contributed by atoms with Gasteiger partial charge in [-0.1, -0.05) is 26.7 Å². The van der Waals surface area contributed by atoms with E-state index in [2.05, 4.69) is 6.07 Å². The fourth-order valence-corrected chi connectivity index (χ4v) is 2.29. The maximum Gasteiger partial charge on any atom is 0.243 e. The van der Waals surface area contributed by atoms with Crippen molar-refractivity contribution in [2.45, 2.75) is 46.5 Å². The van der Waals surface area contributed by atoms with E-state index in [1.54, 1.807) is 14.1 Å². The molecule has 0 aromatic heterocycles. The highest BCUT2D eigenvalue weighted by atomic mass is 16.2. The summed E-state index contributed by atoms with van der Waals surface area (Å²) in [6.45, 7) is 6.25. The number of carbonyl (C=O) groups excluding carboxylic acids is 2. The van der Waals surface area contributed by atoms with Gasteiger partial charge in [0.25, 0.3) is 0 Å². The molecule has 0 spiro atoms. The van der Waals surface area contributed by atoms with Crippen LogP contribution in [0.5, 0.6) is 0 Å². The molecule has 20 heavy (non-hydrogen) atoms. The van der Waals surface area contributed by atoms with Crippen molar-refractivity contribution in [2.24, 2.45) is 5.41 Å². The van der Waals surface area contributed by atoms with Crippen molar-refractivity contribution in [3.05, 3.63) is 0 Å². The summed E-state index contributed by atoms with van der Waals surface area (Å²) in [5.74, 6) is -0.332. The third-order valence-corrected chi connectivity index (χ3v) is 3.47. The van der Waals surface area contributed by atoms with Crippen LogP contribution < -0.4 is 0 Å². The molecule has 2 amide bonds. The van der Waals surface area contributed by atoms with Crippen LogP contribution in [0.15, 0.2) is 0 Å². The lowest BCUT2D eigenvalue weighted by Crippen LogP contribution is -2.47. The monoisotopic (exact) mass is 281 g/mol. The third kappa shape index (κ3) is 4.52. The molecule has 114 valence electrons. The highest BCUT2D eigenvalue weighted by Gasteiger charge is 2.40. The van der Waals surface area contributed by atoms with Crippen molar-refractivity contribution < 1.29 is 9.59 Å². The average Bonchev–Trinajstić information content (AvgIpc) is 2.43. The summed E-state index contributed by atoms with van der Waals surface area (Å²) < 4.78 is 0. The second kappa shape index (κ2) is 8.57. The molecule has 0 rings (SSSR count). The number of hydrogen-bond donors (Lipinski definition) is 0. The highest BCUT2D eigenvalue weighted by molar-refractivity contribution is 5.89. The fourth-order valence-electron chi connectivity index (χ4n) is 2.29. The second-order valence-corrected chi connectivity index (χ2v) is 5.30. The Hall–Kier alpha value is -1.57. The quantitative estimate of drug-likeness (QED) is 0.684. The summed E-state index contributed by atoms with van der Waals surface area (Å²) in [6.07, 6.45) is 2.64. The van der Waals surface area contributed by atoms with Crippen molar-refractivity contribution in [3.63, 3.8) is 0 Å². The lowest BCUT2D eigenvalue weighted by molar-refractivity contribution is -0.144. The Morgan fingerprint density at radius 2 is 1.60 bits per heavy atom. The number of rotatable bonds is 8. The van der Waals surface area contributed by atoms with Gasteiger partial charge in [-0.3, -0.25) is 9.59 Å². The molecule has 0 aromatic carbocycles. The normalized spacial score (nSPS) is 10.8. The van der Waals surface area contributed by atoms with Gasteiger partial charge >= 0.3 is 0 Å². The zero-order valence-corrected chi connectivity index (χ0v) is 13.4. The van der Waals surface area contributed by atoms with E-state index in [9.17, 15) is 14.9 Å². The van der Waals surface area contributed by atoms with Crippen LogP contribution in [-0.2, 0) is 9.59 Å². The molecule has 0 aliphatic heterocycles. The molecular weight excluding hydrogens is 254 g/mol. The first-order valence-corrected chi connectivity index (χ1v) is 7.29. The molecule has 0 N–H and O–H groups in total. The number of nitriles is 1. The summed E-state index contributed by atoms with van der Waals surface area (Å²) in [4.78, 5) is 27.5. The van der Waals surface area contributed by atoms with Crippen molar-refractivity contribution in [1.82, 2.24) is 9.80 Å². The van der Waals surface area contributed by atoms with Gasteiger partial charge in [0.2, 0.25) is 11.8 Å². The molecule has 0 aliphatic rings. The standard InChI is InChI=1S/C15H27N3O2/c1-6-9-15(12-16,10-7-2)14(20)18(8-3)11-13(19)17(4)5/h6-11H2,1-5H3. The van der Waals surface area contributed by atoms with Crippen LogP contribution in [0.25, 0.3) is 0 Å². The predicted octanol–water partition coefficient (Wildman–Crippen LogP) is 2.03. The zero-order chi connectivity index (χ0) is 15.8. The van der Waals surface area contributed by atoms with E-state index in [0.29, 0.717) is 19.4 Å². The highest BCUT2D eigenvalue weighted by Crippen LogP contribution is 2.31. The Labute approximate surface area is 122 Å². The summed E-state index contributed by atoms with van der Waals surface area (Å²) in [6, 6.07) is 2.22. The zero-order valence-electron chi connectivity index (χ0n) is 13.4. The average molecular weight is 281 g/mol. The van der Waals surface area contributed by atoms with Gasteiger partial charge in [0, 0.05) is 20.6 Å². The minimum Gasteiger partial charge on any atom is -0.347 e. The summed E-state index contributed by atoms with van der Waals surface area (Å²) in [5, 5.41) is 9.50. The van der Waals surface area contributed by atoms with Gasteiger partial charge in [0.15, 0.2) is 0 Å². The van der Waals surface area contributed by atoms with Crippen molar-refractivity contribution in [2.75, 3.05) is 27.2 Å². The SMILES string of the molecule is CCCC(C#N)(CCC)C(=O)N(CC)CC(=O)N(C)C. The first-order chi connectivity index (χ1) is 9.38. The van der Waals surface area contributed by atoms with Crippen LogP contribution in [0.4, 0.5) is 0 Å². The Bertz CT molecular complexity index is 366. The summed E-state index contributed by atoms with van der Waals surface area (Å²) in [5.41, 5.74) is -0.980. The number of carbonyl (C=O) groups is 2. The van der Waals surface area contributed by atoms with Crippen LogP contribution in [0.3, 0.4) is 0 Å². The van der Waals surface area contributed by atoms with Crippen LogP contribution in [-0.4, -0.2) is 48.8 Å². The van der Waals surface area contributed by atoms with Crippen molar-refractivity contribution in [3.8, 4) is 6.07 Å². The topological polar surface area (TPSA) is 64.4 Å². The Morgan fingerprint density at radius 1 is 1.10 bits per heavy atom. The van der Waals surface area contributed by atoms with E-state index in [1.165, 1.54) is 9.80 Å². The van der Waals surface area contributed by atoms with E-state index >= 15 is 0 Å². The van der Waals surface area contributed by atoms with E-state index in [1.807, 2.05) is 20.8 Å². The van der Waals surface area contributed by atoms with E-state index in [4.69, 9.17) is 0 Å². The van der Waals surface area contributed by atoms with Gasteiger partial charge < -0.3 is 9.80 Å². The molecule has 5 heteroatoms. The van der Waals surface area contributed by atoms with E-state index < -0.39 is 5.41 Å². The lowest BCUT2D eigenvalue weighted by Gasteiger charge is -2.32. The van der Waals surface area contributed by atoms with Gasteiger partial charge in [-0.15, -0.1) is 0 Å². The maximum atomic E-state index is 12.7. The minimum atomic E-state index is -0.980. The van der Waals surface area contributed by atoms with Gasteiger partial charge in [-0.2, -0.15) is 5.26 Å². The van der Waals surface area contributed by atoms with Gasteiger partial charge in [-0.05, 0) is 19.8 Å². The number of nitrogens with zero attached hydrogens (tertiary/aromatic N) is 3. The Morgan fingerprint density at radius 3 is 1.90 bits per heavy atom. The third-order valence-electron chi connectivity index (χ3n) is 3.47. The second-order valence-electron chi connectivity index (χ2n) is 5.30. The summed E-state index contributed by atoms with van der Waals surface area (Å²) in [7, 11) is 3.33. The molecule has 0 heterocycles. The summed E-state index contributed by atoms with van der Waals surface area (Å²) >= 11 is 0. The number of likely N-dealkylation sites (N-methyl/N-ethyl adjacent to an activating group) is 2. The molecule has 0 fully saturated rings. The molecule has 0 saturated carbocycles. The Kier molecular flexibility index (Phi) is 7.90. The largest absolute Gasteiger partial charge is 0.347 e. The van der Waals surface area contributed by atoms with Crippen LogP contribution in [0, 0.1) is 16.7 Å². The molecule has 0 aliphatic carbocycles. The molecule has 0 aromatic rings. The van der Waals surface area contributed by atoms with Gasteiger partial charge in [-0.25, -0.2) is 0 Å². The van der Waals surface area contributed by atoms with Gasteiger partial charge in [0.1, 0.15) is 5.41 Å². The van der Waals surface area contributed by atoms with E-state index in [-0.39, 0.29) is 18.4 Å². The molecule has 0 radical (unpaired) electrons. The molecule has 0 atom stereocenters. The molecule has 0 saturated heterocycles. The molecule has 5 nitrogen and oxygen atoms in total. The lowest BCUT2D eigenvalue weighted by atomic mass is 9.79. The number of hydrogen-bond acceptors (Lipinski definition) is 3.